The molecule has 23 heavy (non-hydrogen) atoms. The number of Topliss-reactive ketones (excluding diaryl/α,β-unsaturated/α-hetero) is 1. The fourth-order valence-corrected chi connectivity index (χ4v) is 3.10. The smallest absolute Gasteiger partial charge is 0.316 e. The monoisotopic (exact) mass is 359 g/mol. The average molecular weight is 359 g/mol. The third kappa shape index (κ3) is 7.80. The van der Waals surface area contributed by atoms with Crippen molar-refractivity contribution in [2.75, 3.05) is 12.3 Å². The standard InChI is InChI=1S/C12H14O5S2.C2H3NO/c1-7(12(16)17)19-6-8(5-10(13)14)11(15)9-3-2-4-18-9;4-2-1-3-2/h2-4,7-8H,5-6H2,1H3,(H,13,14)(H,16,17);1H2,(H,3,4). The SMILES string of the molecule is CC(SCC(CC(=O)O)C(=O)c1cccs1)C(=O)O.O=C1CN1. The molecule has 3 N–H and O–H groups in total. The molecule has 0 spiro atoms. The molecule has 1 aromatic rings. The molecule has 1 amide bonds. The maximum absolute atomic E-state index is 12.1. The molecule has 1 fully saturated rings. The Morgan fingerprint density at radius 1 is 1.39 bits per heavy atom. The van der Waals surface area contributed by atoms with Crippen LogP contribution in [0.4, 0.5) is 0 Å². The summed E-state index contributed by atoms with van der Waals surface area (Å²) in [5, 5.41) is 21.2. The van der Waals surface area contributed by atoms with Crippen LogP contribution in [0.2, 0.25) is 0 Å². The van der Waals surface area contributed by atoms with Crippen LogP contribution in [0.25, 0.3) is 0 Å². The van der Waals surface area contributed by atoms with Gasteiger partial charge in [-0.3, -0.25) is 19.2 Å². The van der Waals surface area contributed by atoms with Crippen LogP contribution < -0.4 is 5.32 Å². The van der Waals surface area contributed by atoms with E-state index in [-0.39, 0.29) is 23.9 Å². The fraction of sp³-hybridized carbons (Fsp3) is 0.429. The van der Waals surface area contributed by atoms with Crippen molar-refractivity contribution in [1.82, 2.24) is 5.32 Å². The zero-order chi connectivity index (χ0) is 17.4. The van der Waals surface area contributed by atoms with Crippen LogP contribution in [-0.2, 0) is 14.4 Å². The number of hydrogen-bond donors (Lipinski definition) is 3. The summed E-state index contributed by atoms with van der Waals surface area (Å²) in [6, 6.07) is 3.37. The maximum Gasteiger partial charge on any atom is 0.316 e. The van der Waals surface area contributed by atoms with Gasteiger partial charge in [0.1, 0.15) is 0 Å². The van der Waals surface area contributed by atoms with E-state index in [0.717, 1.165) is 11.8 Å². The minimum absolute atomic E-state index is 0.167. The van der Waals surface area contributed by atoms with Gasteiger partial charge in [0.15, 0.2) is 5.78 Å². The molecule has 9 heteroatoms. The lowest BCUT2D eigenvalue weighted by Gasteiger charge is -2.14. The van der Waals surface area contributed by atoms with Crippen LogP contribution in [-0.4, -0.2) is 51.4 Å². The Bertz CT molecular complexity index is 566. The molecule has 0 saturated carbocycles. The molecular weight excluding hydrogens is 342 g/mol. The van der Waals surface area contributed by atoms with E-state index < -0.39 is 23.1 Å². The summed E-state index contributed by atoms with van der Waals surface area (Å²) >= 11 is 2.34. The molecule has 2 heterocycles. The predicted molar refractivity (Wildman–Crippen MR) is 87.0 cm³/mol. The number of thiophene rings is 1. The Morgan fingerprint density at radius 3 is 2.39 bits per heavy atom. The van der Waals surface area contributed by atoms with Crippen molar-refractivity contribution in [3.63, 3.8) is 0 Å². The largest absolute Gasteiger partial charge is 0.481 e. The Labute approximate surface area is 141 Å². The lowest BCUT2D eigenvalue weighted by molar-refractivity contribution is -0.138. The van der Waals surface area contributed by atoms with Crippen molar-refractivity contribution in [1.29, 1.82) is 0 Å². The summed E-state index contributed by atoms with van der Waals surface area (Å²) in [6.07, 6.45) is -0.282. The first kappa shape index (κ1) is 19.2. The van der Waals surface area contributed by atoms with Gasteiger partial charge in [-0.05, 0) is 18.4 Å². The quantitative estimate of drug-likeness (QED) is 0.471. The lowest BCUT2D eigenvalue weighted by Crippen LogP contribution is -2.22. The number of aliphatic carboxylic acids is 2. The van der Waals surface area contributed by atoms with E-state index in [1.807, 2.05) is 0 Å². The molecule has 1 saturated heterocycles. The summed E-state index contributed by atoms with van der Waals surface area (Å²) in [4.78, 5) is 43.6. The highest BCUT2D eigenvalue weighted by molar-refractivity contribution is 8.00. The predicted octanol–water partition coefficient (Wildman–Crippen LogP) is 1.34. The van der Waals surface area contributed by atoms with Crippen LogP contribution in [0.5, 0.6) is 0 Å². The van der Waals surface area contributed by atoms with Crippen molar-refractivity contribution in [2.24, 2.45) is 5.92 Å². The van der Waals surface area contributed by atoms with Crippen molar-refractivity contribution < 1.29 is 29.4 Å². The highest BCUT2D eigenvalue weighted by Gasteiger charge is 2.25. The first-order valence-electron chi connectivity index (χ1n) is 6.72. The zero-order valence-electron chi connectivity index (χ0n) is 12.4. The average Bonchev–Trinajstić information content (AvgIpc) is 3.08. The normalized spacial score (nSPS) is 14.7. The van der Waals surface area contributed by atoms with Crippen LogP contribution in [0.15, 0.2) is 17.5 Å². The Morgan fingerprint density at radius 2 is 2.00 bits per heavy atom. The van der Waals surface area contributed by atoms with Crippen molar-refractivity contribution in [3.8, 4) is 0 Å². The van der Waals surface area contributed by atoms with Gasteiger partial charge in [0.05, 0.1) is 23.1 Å². The van der Waals surface area contributed by atoms with Gasteiger partial charge in [-0.1, -0.05) is 6.07 Å². The molecule has 0 aromatic carbocycles. The van der Waals surface area contributed by atoms with Crippen molar-refractivity contribution in [2.45, 2.75) is 18.6 Å². The van der Waals surface area contributed by atoms with E-state index in [1.165, 1.54) is 18.3 Å². The summed E-state index contributed by atoms with van der Waals surface area (Å²) in [6.45, 7) is 2.11. The second-order valence-corrected chi connectivity index (χ2v) is 7.05. The molecule has 126 valence electrons. The van der Waals surface area contributed by atoms with E-state index in [4.69, 9.17) is 10.2 Å². The maximum atomic E-state index is 12.1. The van der Waals surface area contributed by atoms with E-state index in [1.54, 1.807) is 17.5 Å². The highest BCUT2D eigenvalue weighted by atomic mass is 32.2. The third-order valence-corrected chi connectivity index (χ3v) is 4.95. The summed E-state index contributed by atoms with van der Waals surface area (Å²) in [5.41, 5.74) is 0. The minimum atomic E-state index is -1.06. The van der Waals surface area contributed by atoms with Gasteiger partial charge in [-0.25, -0.2) is 0 Å². The Balaban J connectivity index is 0.000000570. The van der Waals surface area contributed by atoms with E-state index >= 15 is 0 Å². The molecule has 1 aromatic heterocycles. The Kier molecular flexibility index (Phi) is 7.76. The lowest BCUT2D eigenvalue weighted by atomic mass is 10.0. The topological polar surface area (TPSA) is 131 Å². The molecule has 7 nitrogen and oxygen atoms in total. The molecular formula is C14H17NO6S2. The van der Waals surface area contributed by atoms with Gasteiger partial charge < -0.3 is 15.5 Å². The van der Waals surface area contributed by atoms with E-state index in [9.17, 15) is 19.2 Å². The highest BCUT2D eigenvalue weighted by Crippen LogP contribution is 2.23. The number of carbonyl (C=O) groups excluding carboxylic acids is 2. The molecule has 2 unspecified atom stereocenters. The molecule has 2 rings (SSSR count). The first-order chi connectivity index (χ1) is 10.8. The number of ketones is 1. The number of rotatable bonds is 8. The number of thioether (sulfide) groups is 1. The summed E-state index contributed by atoms with van der Waals surface area (Å²) in [7, 11) is 0. The summed E-state index contributed by atoms with van der Waals surface area (Å²) in [5.74, 6) is -2.59. The molecule has 0 aliphatic carbocycles. The number of carboxylic acid groups (broad SMARTS) is 2. The number of amides is 1. The van der Waals surface area contributed by atoms with Crippen LogP contribution >= 0.6 is 23.1 Å². The van der Waals surface area contributed by atoms with E-state index in [0.29, 0.717) is 11.4 Å². The van der Waals surface area contributed by atoms with Gasteiger partial charge in [0.2, 0.25) is 5.91 Å². The van der Waals surface area contributed by atoms with Gasteiger partial charge >= 0.3 is 11.9 Å². The molecule has 1 aliphatic heterocycles. The van der Waals surface area contributed by atoms with Gasteiger partial charge in [0.25, 0.3) is 0 Å². The molecule has 2 atom stereocenters. The summed E-state index contributed by atoms with van der Waals surface area (Å²) < 4.78 is 0. The van der Waals surface area contributed by atoms with Gasteiger partial charge in [0, 0.05) is 11.7 Å². The zero-order valence-corrected chi connectivity index (χ0v) is 14.0. The molecule has 0 bridgehead atoms. The Hall–Kier alpha value is -1.87. The van der Waals surface area contributed by atoms with Gasteiger partial charge in [-0.15, -0.1) is 23.1 Å². The molecule has 1 aliphatic rings. The second-order valence-electron chi connectivity index (χ2n) is 4.73. The number of carboxylic acids is 2. The minimum Gasteiger partial charge on any atom is -0.481 e. The molecule has 0 radical (unpaired) electrons. The van der Waals surface area contributed by atoms with Crippen LogP contribution in [0.1, 0.15) is 23.0 Å². The first-order valence-corrected chi connectivity index (χ1v) is 8.64. The van der Waals surface area contributed by atoms with E-state index in [2.05, 4.69) is 5.32 Å². The van der Waals surface area contributed by atoms with Crippen molar-refractivity contribution in [3.05, 3.63) is 22.4 Å². The third-order valence-electron chi connectivity index (χ3n) is 2.77. The van der Waals surface area contributed by atoms with Crippen LogP contribution in [0, 0.1) is 5.92 Å². The fourth-order valence-electron chi connectivity index (χ4n) is 1.43. The van der Waals surface area contributed by atoms with Crippen molar-refractivity contribution >= 4 is 46.7 Å². The number of nitrogens with one attached hydrogen (secondary N) is 1. The number of carbonyl (C=O) groups is 4. The van der Waals surface area contributed by atoms with Gasteiger partial charge in [-0.2, -0.15) is 0 Å². The second kappa shape index (κ2) is 9.31. The number of hydrogen-bond acceptors (Lipinski definition) is 6. The van der Waals surface area contributed by atoms with Crippen LogP contribution in [0.3, 0.4) is 0 Å².